The minimum absolute atomic E-state index is 0.185. The van der Waals surface area contributed by atoms with E-state index in [4.69, 9.17) is 0 Å². The average Bonchev–Trinajstić information content (AvgIpc) is 2.37. The van der Waals surface area contributed by atoms with Gasteiger partial charge in [0.15, 0.2) is 0 Å². The molecule has 1 N–H and O–H groups in total. The first kappa shape index (κ1) is 13.1. The molecule has 0 atom stereocenters. The Balaban J connectivity index is 2.08. The molecule has 0 saturated heterocycles. The predicted molar refractivity (Wildman–Crippen MR) is 66.5 cm³/mol. The molecule has 0 saturated carbocycles. The molecule has 2 aromatic rings. The molecule has 1 aromatic heterocycles. The SMILES string of the molecule is Cc1cccnc1CNC(=O)c1ccc(F)cc1F. The Morgan fingerprint density at radius 2 is 2.11 bits per heavy atom. The van der Waals surface area contributed by atoms with Crippen molar-refractivity contribution in [1.82, 2.24) is 10.3 Å². The highest BCUT2D eigenvalue weighted by atomic mass is 19.1. The van der Waals surface area contributed by atoms with Gasteiger partial charge in [-0.05, 0) is 30.7 Å². The minimum Gasteiger partial charge on any atom is -0.346 e. The molecule has 0 aliphatic heterocycles. The number of pyridine rings is 1. The van der Waals surface area contributed by atoms with Crippen LogP contribution < -0.4 is 5.32 Å². The number of rotatable bonds is 3. The van der Waals surface area contributed by atoms with Crippen LogP contribution in [0.5, 0.6) is 0 Å². The van der Waals surface area contributed by atoms with Crippen molar-refractivity contribution in [3.63, 3.8) is 0 Å². The summed E-state index contributed by atoms with van der Waals surface area (Å²) in [6.45, 7) is 2.06. The molecule has 0 aliphatic rings. The van der Waals surface area contributed by atoms with Crippen LogP contribution in [0.25, 0.3) is 0 Å². The van der Waals surface area contributed by atoms with Crippen LogP contribution in [0, 0.1) is 18.6 Å². The number of carbonyl (C=O) groups excluding carboxylic acids is 1. The van der Waals surface area contributed by atoms with Crippen LogP contribution in [-0.4, -0.2) is 10.9 Å². The molecule has 2 rings (SSSR count). The van der Waals surface area contributed by atoms with Gasteiger partial charge in [-0.3, -0.25) is 9.78 Å². The lowest BCUT2D eigenvalue weighted by Crippen LogP contribution is -2.24. The van der Waals surface area contributed by atoms with Crippen LogP contribution in [0.3, 0.4) is 0 Å². The number of aryl methyl sites for hydroxylation is 1. The van der Waals surface area contributed by atoms with E-state index in [1.807, 2.05) is 13.0 Å². The second kappa shape index (κ2) is 5.56. The van der Waals surface area contributed by atoms with Gasteiger partial charge >= 0.3 is 0 Å². The number of amides is 1. The van der Waals surface area contributed by atoms with Crippen molar-refractivity contribution in [2.24, 2.45) is 0 Å². The Morgan fingerprint density at radius 1 is 1.32 bits per heavy atom. The molecule has 0 radical (unpaired) electrons. The van der Waals surface area contributed by atoms with Crippen molar-refractivity contribution < 1.29 is 13.6 Å². The summed E-state index contributed by atoms with van der Waals surface area (Å²) in [4.78, 5) is 15.9. The summed E-state index contributed by atoms with van der Waals surface area (Å²) in [5.41, 5.74) is 1.45. The van der Waals surface area contributed by atoms with Crippen molar-refractivity contribution in [3.8, 4) is 0 Å². The summed E-state index contributed by atoms with van der Waals surface area (Å²) in [6.07, 6.45) is 1.62. The number of hydrogen-bond donors (Lipinski definition) is 1. The summed E-state index contributed by atoms with van der Waals surface area (Å²) >= 11 is 0. The van der Waals surface area contributed by atoms with E-state index in [1.54, 1.807) is 12.3 Å². The Kier molecular flexibility index (Phi) is 3.85. The van der Waals surface area contributed by atoms with E-state index >= 15 is 0 Å². The Morgan fingerprint density at radius 3 is 2.79 bits per heavy atom. The topological polar surface area (TPSA) is 42.0 Å². The van der Waals surface area contributed by atoms with Crippen molar-refractivity contribution >= 4 is 5.91 Å². The van der Waals surface area contributed by atoms with Crippen LogP contribution in [-0.2, 0) is 6.54 Å². The van der Waals surface area contributed by atoms with Crippen LogP contribution in [0.4, 0.5) is 8.78 Å². The van der Waals surface area contributed by atoms with Gasteiger partial charge in [0.2, 0.25) is 0 Å². The summed E-state index contributed by atoms with van der Waals surface area (Å²) in [6, 6.07) is 6.50. The second-order valence-electron chi connectivity index (χ2n) is 4.07. The number of aromatic nitrogens is 1. The summed E-state index contributed by atoms with van der Waals surface area (Å²) in [5.74, 6) is -2.19. The molecule has 0 aliphatic carbocycles. The Labute approximate surface area is 109 Å². The third-order valence-electron chi connectivity index (χ3n) is 2.71. The van der Waals surface area contributed by atoms with Gasteiger partial charge in [0.1, 0.15) is 11.6 Å². The molecule has 1 aromatic carbocycles. The third-order valence-corrected chi connectivity index (χ3v) is 2.71. The highest BCUT2D eigenvalue weighted by Gasteiger charge is 2.12. The number of nitrogens with zero attached hydrogens (tertiary/aromatic N) is 1. The molecule has 0 bridgehead atoms. The molecule has 98 valence electrons. The predicted octanol–water partition coefficient (Wildman–Crippen LogP) is 2.60. The number of hydrogen-bond acceptors (Lipinski definition) is 2. The summed E-state index contributed by atoms with van der Waals surface area (Å²) in [7, 11) is 0. The molecule has 5 heteroatoms. The highest BCUT2D eigenvalue weighted by Crippen LogP contribution is 2.10. The number of carbonyl (C=O) groups is 1. The van der Waals surface area contributed by atoms with Crippen LogP contribution in [0.2, 0.25) is 0 Å². The van der Waals surface area contributed by atoms with Crippen molar-refractivity contribution in [1.29, 1.82) is 0 Å². The van der Waals surface area contributed by atoms with Crippen LogP contribution >= 0.6 is 0 Å². The average molecular weight is 262 g/mol. The van der Waals surface area contributed by atoms with E-state index in [2.05, 4.69) is 10.3 Å². The van der Waals surface area contributed by atoms with Crippen molar-refractivity contribution in [2.75, 3.05) is 0 Å². The van der Waals surface area contributed by atoms with Gasteiger partial charge < -0.3 is 5.32 Å². The zero-order chi connectivity index (χ0) is 13.8. The third kappa shape index (κ3) is 3.13. The molecule has 1 amide bonds. The van der Waals surface area contributed by atoms with Crippen LogP contribution in [0.15, 0.2) is 36.5 Å². The molecule has 0 spiro atoms. The first-order valence-corrected chi connectivity index (χ1v) is 5.71. The van der Waals surface area contributed by atoms with E-state index in [9.17, 15) is 13.6 Å². The van der Waals surface area contributed by atoms with Gasteiger partial charge in [-0.2, -0.15) is 0 Å². The fourth-order valence-electron chi connectivity index (χ4n) is 1.64. The molecule has 0 fully saturated rings. The Bertz CT molecular complexity index is 614. The maximum absolute atomic E-state index is 13.4. The van der Waals surface area contributed by atoms with E-state index in [-0.39, 0.29) is 12.1 Å². The maximum Gasteiger partial charge on any atom is 0.254 e. The standard InChI is InChI=1S/C14H12F2N2O/c1-9-3-2-6-17-13(9)8-18-14(19)11-5-4-10(15)7-12(11)16/h2-7H,8H2,1H3,(H,18,19). The first-order valence-electron chi connectivity index (χ1n) is 5.71. The van der Waals surface area contributed by atoms with E-state index in [1.165, 1.54) is 0 Å². The monoisotopic (exact) mass is 262 g/mol. The second-order valence-corrected chi connectivity index (χ2v) is 4.07. The van der Waals surface area contributed by atoms with Crippen molar-refractivity contribution in [2.45, 2.75) is 13.5 Å². The van der Waals surface area contributed by atoms with Gasteiger partial charge in [0.25, 0.3) is 5.91 Å². The lowest BCUT2D eigenvalue weighted by molar-refractivity contribution is 0.0946. The van der Waals surface area contributed by atoms with Gasteiger partial charge in [-0.1, -0.05) is 6.07 Å². The maximum atomic E-state index is 13.4. The fraction of sp³-hybridized carbons (Fsp3) is 0.143. The van der Waals surface area contributed by atoms with Crippen molar-refractivity contribution in [3.05, 3.63) is 65.0 Å². The van der Waals surface area contributed by atoms with Gasteiger partial charge in [0.05, 0.1) is 17.8 Å². The van der Waals surface area contributed by atoms with E-state index in [0.29, 0.717) is 11.8 Å². The first-order chi connectivity index (χ1) is 9.08. The molecular formula is C14H12F2N2O. The molecular weight excluding hydrogens is 250 g/mol. The summed E-state index contributed by atoms with van der Waals surface area (Å²) in [5, 5.41) is 2.55. The molecule has 3 nitrogen and oxygen atoms in total. The lowest BCUT2D eigenvalue weighted by atomic mass is 10.2. The Hall–Kier alpha value is -2.30. The van der Waals surface area contributed by atoms with Gasteiger partial charge in [-0.15, -0.1) is 0 Å². The molecule has 1 heterocycles. The number of nitrogens with one attached hydrogen (secondary N) is 1. The minimum atomic E-state index is -0.879. The highest BCUT2D eigenvalue weighted by molar-refractivity contribution is 5.94. The van der Waals surface area contributed by atoms with Gasteiger partial charge in [-0.25, -0.2) is 8.78 Å². The quantitative estimate of drug-likeness (QED) is 0.923. The number of halogens is 2. The smallest absolute Gasteiger partial charge is 0.254 e. The fourth-order valence-corrected chi connectivity index (χ4v) is 1.64. The zero-order valence-corrected chi connectivity index (χ0v) is 10.3. The zero-order valence-electron chi connectivity index (χ0n) is 10.3. The van der Waals surface area contributed by atoms with Gasteiger partial charge in [0, 0.05) is 12.3 Å². The van der Waals surface area contributed by atoms with E-state index in [0.717, 1.165) is 17.7 Å². The molecule has 19 heavy (non-hydrogen) atoms. The normalized spacial score (nSPS) is 10.3. The van der Waals surface area contributed by atoms with Crippen LogP contribution in [0.1, 0.15) is 21.6 Å². The largest absolute Gasteiger partial charge is 0.346 e. The van der Waals surface area contributed by atoms with E-state index < -0.39 is 17.5 Å². The molecule has 0 unspecified atom stereocenters. The lowest BCUT2D eigenvalue weighted by Gasteiger charge is -2.07. The number of benzene rings is 1. The summed E-state index contributed by atoms with van der Waals surface area (Å²) < 4.78 is 26.1.